The van der Waals surface area contributed by atoms with E-state index in [-0.39, 0.29) is 12.1 Å². The number of rotatable bonds is 5. The Morgan fingerprint density at radius 1 is 1.19 bits per heavy atom. The topological polar surface area (TPSA) is 51.5 Å². The maximum absolute atomic E-state index is 13.2. The first kappa shape index (κ1) is 19.1. The van der Waals surface area contributed by atoms with Gasteiger partial charge < -0.3 is 14.2 Å². The molecule has 3 rings (SSSR count). The molecule has 1 spiro atoms. The average Bonchev–Trinajstić information content (AvgIpc) is 2.54. The molecule has 2 aliphatic heterocycles. The summed E-state index contributed by atoms with van der Waals surface area (Å²) in [4.78, 5) is 26.0. The normalized spacial score (nSPS) is 20.2. The van der Waals surface area contributed by atoms with Crippen molar-refractivity contribution in [2.24, 2.45) is 5.41 Å². The molecule has 0 aliphatic carbocycles. The van der Waals surface area contributed by atoms with Crippen LogP contribution in [0.5, 0.6) is 0 Å². The highest BCUT2D eigenvalue weighted by Crippen LogP contribution is 2.39. The third-order valence-corrected chi connectivity index (χ3v) is 5.37. The third kappa shape index (κ3) is 3.86. The molecule has 0 unspecified atom stereocenters. The molecule has 1 aromatic rings. The maximum Gasteiger partial charge on any atom is 0.431 e. The minimum absolute atomic E-state index is 0.0542. The lowest BCUT2D eigenvalue weighted by atomic mass is 9.73. The second kappa shape index (κ2) is 7.15. The Morgan fingerprint density at radius 3 is 2.42 bits per heavy atom. The highest BCUT2D eigenvalue weighted by Gasteiger charge is 2.43. The summed E-state index contributed by atoms with van der Waals surface area (Å²) in [7, 11) is 0. The van der Waals surface area contributed by atoms with Crippen LogP contribution in [0.1, 0.15) is 42.2 Å². The van der Waals surface area contributed by atoms with Gasteiger partial charge in [-0.1, -0.05) is 0 Å². The molecule has 1 aromatic heterocycles. The smallest absolute Gasteiger partial charge is 0.381 e. The number of likely N-dealkylation sites (tertiary alicyclic amines) is 1. The van der Waals surface area contributed by atoms with Crippen molar-refractivity contribution in [1.82, 2.24) is 9.47 Å². The molecule has 8 heteroatoms. The Morgan fingerprint density at radius 2 is 1.85 bits per heavy atom. The first-order chi connectivity index (χ1) is 12.2. The van der Waals surface area contributed by atoms with Crippen LogP contribution in [0.3, 0.4) is 0 Å². The van der Waals surface area contributed by atoms with Gasteiger partial charge in [-0.05, 0) is 44.9 Å². The summed E-state index contributed by atoms with van der Waals surface area (Å²) in [5, 5.41) is 0. The van der Waals surface area contributed by atoms with Crippen molar-refractivity contribution >= 4 is 5.78 Å². The van der Waals surface area contributed by atoms with Gasteiger partial charge >= 0.3 is 6.18 Å². The van der Waals surface area contributed by atoms with Crippen molar-refractivity contribution in [1.29, 1.82) is 0 Å². The van der Waals surface area contributed by atoms with Crippen molar-refractivity contribution in [2.75, 3.05) is 32.8 Å². The van der Waals surface area contributed by atoms with E-state index < -0.39 is 23.2 Å². The second-order valence-electron chi connectivity index (χ2n) is 7.32. The van der Waals surface area contributed by atoms with Crippen LogP contribution in [0.25, 0.3) is 0 Å². The molecule has 0 bridgehead atoms. The molecule has 26 heavy (non-hydrogen) atoms. The molecule has 144 valence electrons. The first-order valence-electron chi connectivity index (χ1n) is 8.84. The number of halogens is 3. The van der Waals surface area contributed by atoms with Gasteiger partial charge in [-0.15, -0.1) is 0 Å². The lowest BCUT2D eigenvalue weighted by molar-refractivity contribution is -0.144. The summed E-state index contributed by atoms with van der Waals surface area (Å²) < 4.78 is 45.7. The number of carbonyl (C=O) groups is 1. The quantitative estimate of drug-likeness (QED) is 0.746. The summed E-state index contributed by atoms with van der Waals surface area (Å²) in [5.41, 5.74) is -1.77. The number of hydrogen-bond donors (Lipinski definition) is 0. The third-order valence-electron chi connectivity index (χ3n) is 5.37. The fraction of sp³-hybridized carbons (Fsp3) is 0.667. The predicted molar refractivity (Wildman–Crippen MR) is 89.3 cm³/mol. The Hall–Kier alpha value is -1.67. The molecule has 3 heterocycles. The molecular weight excluding hydrogens is 349 g/mol. The number of alkyl halides is 3. The maximum atomic E-state index is 13.2. The summed E-state index contributed by atoms with van der Waals surface area (Å²) in [5.74, 6) is -0.526. The number of carbonyl (C=O) groups excluding carboxylic acids is 1. The van der Waals surface area contributed by atoms with Crippen molar-refractivity contribution in [3.63, 3.8) is 0 Å². The van der Waals surface area contributed by atoms with Crippen molar-refractivity contribution in [3.05, 3.63) is 33.7 Å². The Bertz CT molecular complexity index is 728. The average molecular weight is 372 g/mol. The van der Waals surface area contributed by atoms with E-state index in [1.54, 1.807) is 0 Å². The fourth-order valence-electron chi connectivity index (χ4n) is 3.95. The lowest BCUT2D eigenvalue weighted by Gasteiger charge is -2.52. The molecule has 0 aromatic carbocycles. The summed E-state index contributed by atoms with van der Waals surface area (Å²) in [6, 6.07) is 1.78. The zero-order valence-electron chi connectivity index (χ0n) is 14.8. The predicted octanol–water partition coefficient (Wildman–Crippen LogP) is 2.57. The molecule has 2 saturated heterocycles. The van der Waals surface area contributed by atoms with E-state index >= 15 is 0 Å². The number of ether oxygens (including phenoxy) is 1. The monoisotopic (exact) mass is 372 g/mol. The standard InChI is InChI=1S/C18H23F3N2O3/c1-13(24)14-3-4-15(18(19,20)21)23(16(14)25)8-2-7-22-11-17(12-22)5-9-26-10-6-17/h3-4H,2,5-12H2,1H3. The highest BCUT2D eigenvalue weighted by molar-refractivity contribution is 5.93. The van der Waals surface area contributed by atoms with Crippen LogP contribution < -0.4 is 5.56 Å². The highest BCUT2D eigenvalue weighted by atomic mass is 19.4. The van der Waals surface area contributed by atoms with E-state index in [9.17, 15) is 22.8 Å². The second-order valence-corrected chi connectivity index (χ2v) is 7.32. The molecular formula is C18H23F3N2O3. The zero-order valence-corrected chi connectivity index (χ0v) is 14.8. The van der Waals surface area contributed by atoms with Crippen LogP contribution in [0, 0.1) is 5.41 Å². The van der Waals surface area contributed by atoms with E-state index in [4.69, 9.17) is 4.74 Å². The van der Waals surface area contributed by atoms with Gasteiger partial charge in [0.1, 0.15) is 5.69 Å². The van der Waals surface area contributed by atoms with E-state index in [0.717, 1.165) is 51.3 Å². The minimum atomic E-state index is -4.63. The van der Waals surface area contributed by atoms with Crippen molar-refractivity contribution < 1.29 is 22.7 Å². The molecule has 5 nitrogen and oxygen atoms in total. The Balaban J connectivity index is 1.65. The number of pyridine rings is 1. The number of aromatic nitrogens is 1. The minimum Gasteiger partial charge on any atom is -0.381 e. The number of hydrogen-bond acceptors (Lipinski definition) is 4. The van der Waals surface area contributed by atoms with Gasteiger partial charge in [-0.25, -0.2) is 0 Å². The van der Waals surface area contributed by atoms with Gasteiger partial charge in [0, 0.05) is 38.3 Å². The number of nitrogens with zero attached hydrogens (tertiary/aromatic N) is 2. The molecule has 0 N–H and O–H groups in total. The molecule has 2 aliphatic rings. The molecule has 0 radical (unpaired) electrons. The lowest BCUT2D eigenvalue weighted by Crippen LogP contribution is -2.58. The summed E-state index contributed by atoms with van der Waals surface area (Å²) >= 11 is 0. The van der Waals surface area contributed by atoms with E-state index in [1.807, 2.05) is 0 Å². The summed E-state index contributed by atoms with van der Waals surface area (Å²) in [6.07, 6.45) is -2.14. The first-order valence-corrected chi connectivity index (χ1v) is 8.84. The molecule has 2 fully saturated rings. The molecule has 0 atom stereocenters. The number of Topliss-reactive ketones (excluding diaryl/α,β-unsaturated/α-hetero) is 1. The number of ketones is 1. The van der Waals surface area contributed by atoms with Crippen LogP contribution in [0.2, 0.25) is 0 Å². The van der Waals surface area contributed by atoms with Crippen molar-refractivity contribution in [2.45, 2.75) is 38.9 Å². The van der Waals surface area contributed by atoms with Gasteiger partial charge in [-0.3, -0.25) is 9.59 Å². The van der Waals surface area contributed by atoms with E-state index in [2.05, 4.69) is 4.90 Å². The van der Waals surface area contributed by atoms with Crippen LogP contribution in [0.15, 0.2) is 16.9 Å². The Labute approximate surface area is 149 Å². The molecule has 0 saturated carbocycles. The van der Waals surface area contributed by atoms with Gasteiger partial charge in [0.15, 0.2) is 5.78 Å². The van der Waals surface area contributed by atoms with E-state index in [1.165, 1.54) is 6.92 Å². The van der Waals surface area contributed by atoms with Crippen LogP contribution in [-0.4, -0.2) is 48.1 Å². The Kier molecular flexibility index (Phi) is 5.25. The van der Waals surface area contributed by atoms with Crippen LogP contribution in [0.4, 0.5) is 13.2 Å². The fourth-order valence-corrected chi connectivity index (χ4v) is 3.95. The zero-order chi connectivity index (χ0) is 18.9. The summed E-state index contributed by atoms with van der Waals surface area (Å²) in [6.45, 7) is 5.18. The molecule has 0 amide bonds. The van der Waals surface area contributed by atoms with Crippen LogP contribution in [-0.2, 0) is 17.5 Å². The SMILES string of the molecule is CC(=O)c1ccc(C(F)(F)F)n(CCCN2CC3(CCOCC3)C2)c1=O. The van der Waals surface area contributed by atoms with Gasteiger partial charge in [0.05, 0.1) is 5.56 Å². The van der Waals surface area contributed by atoms with Crippen molar-refractivity contribution in [3.8, 4) is 0 Å². The van der Waals surface area contributed by atoms with Gasteiger partial charge in [0.2, 0.25) is 0 Å². The van der Waals surface area contributed by atoms with Gasteiger partial charge in [-0.2, -0.15) is 13.2 Å². The van der Waals surface area contributed by atoms with E-state index in [0.29, 0.717) is 22.9 Å². The van der Waals surface area contributed by atoms with Gasteiger partial charge in [0.25, 0.3) is 5.56 Å². The van der Waals surface area contributed by atoms with Crippen LogP contribution >= 0.6 is 0 Å². The largest absolute Gasteiger partial charge is 0.431 e.